The van der Waals surface area contributed by atoms with Crippen molar-refractivity contribution in [3.8, 4) is 11.4 Å². The fourth-order valence-electron chi connectivity index (χ4n) is 3.90. The van der Waals surface area contributed by atoms with Crippen LogP contribution in [-0.2, 0) is 11.3 Å². The number of halogens is 1. The van der Waals surface area contributed by atoms with E-state index in [1.807, 2.05) is 31.4 Å². The van der Waals surface area contributed by atoms with Gasteiger partial charge in [-0.1, -0.05) is 19.9 Å². The van der Waals surface area contributed by atoms with Crippen LogP contribution in [0.25, 0.3) is 11.4 Å². The van der Waals surface area contributed by atoms with Gasteiger partial charge in [0.1, 0.15) is 17.2 Å². The summed E-state index contributed by atoms with van der Waals surface area (Å²) in [7, 11) is 0. The van der Waals surface area contributed by atoms with Crippen LogP contribution in [0.15, 0.2) is 30.7 Å². The summed E-state index contributed by atoms with van der Waals surface area (Å²) in [6, 6.07) is 3.69. The topological polar surface area (TPSA) is 107 Å². The second-order valence-electron chi connectivity index (χ2n) is 8.80. The lowest BCUT2D eigenvalue weighted by Gasteiger charge is -2.26. The van der Waals surface area contributed by atoms with Crippen molar-refractivity contribution >= 4 is 11.9 Å². The summed E-state index contributed by atoms with van der Waals surface area (Å²) in [4.78, 5) is 29.3. The molecule has 0 saturated carbocycles. The highest BCUT2D eigenvalue weighted by molar-refractivity contribution is 5.92. The number of carbonyl (C=O) groups is 1. The zero-order valence-corrected chi connectivity index (χ0v) is 19.7. The van der Waals surface area contributed by atoms with Crippen LogP contribution in [0, 0.1) is 18.7 Å². The summed E-state index contributed by atoms with van der Waals surface area (Å²) >= 11 is 0. The highest BCUT2D eigenvalue weighted by atomic mass is 19.1. The number of aryl methyl sites for hydroxylation is 1. The molecule has 0 aliphatic carbocycles. The molecule has 9 nitrogen and oxygen atoms in total. The van der Waals surface area contributed by atoms with E-state index in [9.17, 15) is 9.18 Å². The van der Waals surface area contributed by atoms with Crippen LogP contribution in [0.2, 0.25) is 0 Å². The number of amides is 1. The zero-order valence-electron chi connectivity index (χ0n) is 19.7. The molecule has 1 aliphatic rings. The molecule has 3 aromatic rings. The molecular formula is C24H30FN7O2. The van der Waals surface area contributed by atoms with Crippen molar-refractivity contribution in [1.29, 1.82) is 0 Å². The monoisotopic (exact) mass is 467 g/mol. The summed E-state index contributed by atoms with van der Waals surface area (Å²) in [5.74, 6) is 0.783. The predicted octanol–water partition coefficient (Wildman–Crippen LogP) is 3.53. The maximum atomic E-state index is 14.7. The van der Waals surface area contributed by atoms with Crippen LogP contribution in [0.3, 0.4) is 0 Å². The van der Waals surface area contributed by atoms with Gasteiger partial charge in [-0.2, -0.15) is 0 Å². The average molecular weight is 468 g/mol. The van der Waals surface area contributed by atoms with Gasteiger partial charge >= 0.3 is 0 Å². The Labute approximate surface area is 198 Å². The molecule has 0 atom stereocenters. The van der Waals surface area contributed by atoms with Crippen molar-refractivity contribution in [2.45, 2.75) is 46.2 Å². The number of nitrogens with one attached hydrogen (secondary N) is 2. The first-order chi connectivity index (χ1) is 16.4. The molecule has 0 bridgehead atoms. The van der Waals surface area contributed by atoms with Gasteiger partial charge in [0.2, 0.25) is 5.95 Å². The van der Waals surface area contributed by atoms with Gasteiger partial charge in [-0.25, -0.2) is 19.3 Å². The number of hydrogen-bond acceptors (Lipinski definition) is 7. The Morgan fingerprint density at radius 1 is 1.18 bits per heavy atom. The highest BCUT2D eigenvalue weighted by Crippen LogP contribution is 2.30. The maximum Gasteiger partial charge on any atom is 0.269 e. The molecule has 2 N–H and O–H groups in total. The van der Waals surface area contributed by atoms with Gasteiger partial charge in [0.25, 0.3) is 5.91 Å². The van der Waals surface area contributed by atoms with Crippen molar-refractivity contribution in [3.63, 3.8) is 0 Å². The first kappa shape index (κ1) is 23.7. The van der Waals surface area contributed by atoms with Crippen LogP contribution >= 0.6 is 0 Å². The van der Waals surface area contributed by atoms with Gasteiger partial charge in [-0.3, -0.25) is 9.78 Å². The van der Waals surface area contributed by atoms with E-state index < -0.39 is 5.82 Å². The number of pyridine rings is 1. The molecule has 3 aromatic heterocycles. The molecule has 0 aromatic carbocycles. The van der Waals surface area contributed by atoms with Crippen molar-refractivity contribution < 1.29 is 13.9 Å². The number of rotatable bonds is 8. The van der Waals surface area contributed by atoms with Crippen LogP contribution in [-0.4, -0.2) is 50.2 Å². The first-order valence-corrected chi connectivity index (χ1v) is 11.5. The molecule has 180 valence electrons. The van der Waals surface area contributed by atoms with Gasteiger partial charge in [0.15, 0.2) is 5.82 Å². The average Bonchev–Trinajstić information content (AvgIpc) is 3.24. The van der Waals surface area contributed by atoms with E-state index >= 15 is 0 Å². The minimum Gasteiger partial charge on any atom is -0.381 e. The molecule has 34 heavy (non-hydrogen) atoms. The lowest BCUT2D eigenvalue weighted by atomic mass is 10.1. The number of nitrogens with zero attached hydrogens (tertiary/aromatic N) is 5. The summed E-state index contributed by atoms with van der Waals surface area (Å²) in [6.45, 7) is 8.30. The molecule has 0 spiro atoms. The van der Waals surface area contributed by atoms with Gasteiger partial charge in [-0.05, 0) is 37.3 Å². The fraction of sp³-hybridized carbons (Fsp3) is 0.458. The zero-order chi connectivity index (χ0) is 24.1. The minimum atomic E-state index is -0.503. The maximum absolute atomic E-state index is 14.7. The van der Waals surface area contributed by atoms with Crippen LogP contribution < -0.4 is 10.6 Å². The van der Waals surface area contributed by atoms with Crippen molar-refractivity contribution in [2.24, 2.45) is 5.92 Å². The van der Waals surface area contributed by atoms with Gasteiger partial charge in [0.05, 0.1) is 18.1 Å². The standard InChI is InChI=1S/C24H30FN7O2/c1-15(2)10-28-23(33)20-5-4-17(11-27-20)12-29-24-30-13-19(25)22(31-24)21-14-26-16(3)32(21)18-6-8-34-9-7-18/h4-5,11,13-15,18H,6-10,12H2,1-3H3,(H,28,33)(H,29,30,31). The number of carbonyl (C=O) groups excluding carboxylic acids is 1. The number of imidazole rings is 1. The summed E-state index contributed by atoms with van der Waals surface area (Å²) in [5, 5.41) is 5.96. The normalized spacial score (nSPS) is 14.4. The van der Waals surface area contributed by atoms with Crippen molar-refractivity contribution in [2.75, 3.05) is 25.1 Å². The molecule has 4 rings (SSSR count). The molecule has 1 saturated heterocycles. The Hall–Kier alpha value is -3.40. The molecular weight excluding hydrogens is 437 g/mol. The number of ether oxygens (including phenoxy) is 1. The summed E-state index contributed by atoms with van der Waals surface area (Å²) in [6.07, 6.45) is 6.15. The van der Waals surface area contributed by atoms with E-state index in [-0.39, 0.29) is 17.6 Å². The largest absolute Gasteiger partial charge is 0.381 e. The molecule has 1 fully saturated rings. The van der Waals surface area contributed by atoms with Crippen LogP contribution in [0.4, 0.5) is 10.3 Å². The molecule has 0 unspecified atom stereocenters. The Kier molecular flexibility index (Phi) is 7.46. The Morgan fingerprint density at radius 3 is 2.68 bits per heavy atom. The highest BCUT2D eigenvalue weighted by Gasteiger charge is 2.23. The number of aromatic nitrogens is 5. The van der Waals surface area contributed by atoms with E-state index in [1.54, 1.807) is 18.5 Å². The number of anilines is 1. The molecule has 10 heteroatoms. The quantitative estimate of drug-likeness (QED) is 0.522. The van der Waals surface area contributed by atoms with Gasteiger partial charge < -0.3 is 19.9 Å². The second kappa shape index (κ2) is 10.7. The predicted molar refractivity (Wildman–Crippen MR) is 126 cm³/mol. The minimum absolute atomic E-state index is 0.194. The van der Waals surface area contributed by atoms with Gasteiger partial charge in [0, 0.05) is 38.5 Å². The van der Waals surface area contributed by atoms with Crippen LogP contribution in [0.5, 0.6) is 0 Å². The fourth-order valence-corrected chi connectivity index (χ4v) is 3.90. The summed E-state index contributed by atoms with van der Waals surface area (Å²) in [5.41, 5.74) is 2.05. The van der Waals surface area contributed by atoms with E-state index in [0.29, 0.717) is 49.6 Å². The molecule has 0 radical (unpaired) electrons. The van der Waals surface area contributed by atoms with E-state index in [4.69, 9.17) is 4.74 Å². The van der Waals surface area contributed by atoms with Crippen LogP contribution in [0.1, 0.15) is 54.6 Å². The Balaban J connectivity index is 1.46. The van der Waals surface area contributed by atoms with E-state index in [2.05, 4.69) is 30.6 Å². The third-order valence-electron chi connectivity index (χ3n) is 5.70. The van der Waals surface area contributed by atoms with E-state index in [1.165, 1.54) is 6.20 Å². The van der Waals surface area contributed by atoms with Crippen molar-refractivity contribution in [1.82, 2.24) is 29.8 Å². The molecule has 1 amide bonds. The SMILES string of the molecule is Cc1ncc(-c2nc(NCc3ccc(C(=O)NCC(C)C)nc3)ncc2F)n1C1CCOCC1. The Morgan fingerprint density at radius 2 is 1.97 bits per heavy atom. The first-order valence-electron chi connectivity index (χ1n) is 11.5. The third-order valence-corrected chi connectivity index (χ3v) is 5.70. The smallest absolute Gasteiger partial charge is 0.269 e. The molecule has 1 aliphatic heterocycles. The molecule has 4 heterocycles. The third kappa shape index (κ3) is 5.56. The second-order valence-corrected chi connectivity index (χ2v) is 8.80. The number of hydrogen-bond donors (Lipinski definition) is 2. The van der Waals surface area contributed by atoms with Crippen molar-refractivity contribution in [3.05, 3.63) is 53.6 Å². The van der Waals surface area contributed by atoms with E-state index in [0.717, 1.165) is 24.2 Å². The Bertz CT molecular complexity index is 1120. The lowest BCUT2D eigenvalue weighted by molar-refractivity contribution is 0.0694. The lowest BCUT2D eigenvalue weighted by Crippen LogP contribution is -2.28. The van der Waals surface area contributed by atoms with Gasteiger partial charge in [-0.15, -0.1) is 0 Å². The summed E-state index contributed by atoms with van der Waals surface area (Å²) < 4.78 is 22.3.